The molecule has 1 aromatic heterocycles. The Labute approximate surface area is 205 Å². The zero-order valence-corrected chi connectivity index (χ0v) is 19.4. The van der Waals surface area contributed by atoms with Crippen molar-refractivity contribution in [2.24, 2.45) is 10.2 Å². The molecular formula is C23H18ClF3N4O3S. The molecule has 7 nitrogen and oxygen atoms in total. The lowest BCUT2D eigenvalue weighted by Gasteiger charge is -2.15. The molecule has 182 valence electrons. The minimum absolute atomic E-state index is 0.0166. The van der Waals surface area contributed by atoms with Crippen LogP contribution < -0.4 is 15.5 Å². The number of rotatable bonds is 4. The molecule has 0 saturated carbocycles. The zero-order chi connectivity index (χ0) is 24.9. The number of hydrogen-bond acceptors (Lipinski definition) is 8. The van der Waals surface area contributed by atoms with Gasteiger partial charge >= 0.3 is 6.18 Å². The lowest BCUT2D eigenvalue weighted by Crippen LogP contribution is -2.22. The molecule has 2 unspecified atom stereocenters. The molecule has 12 heteroatoms. The number of aromatic nitrogens is 1. The second-order valence-electron chi connectivity index (χ2n) is 8.26. The third-order valence-electron chi connectivity index (χ3n) is 5.88. The number of aliphatic hydroxyl groups excluding tert-OH is 2. The van der Waals surface area contributed by atoms with Gasteiger partial charge in [0.2, 0.25) is 5.88 Å². The lowest BCUT2D eigenvalue weighted by atomic mass is 9.96. The van der Waals surface area contributed by atoms with Gasteiger partial charge in [0.1, 0.15) is 0 Å². The topological polar surface area (TPSA) is 102 Å². The molecule has 2 aliphatic rings. The van der Waals surface area contributed by atoms with Gasteiger partial charge in [-0.3, -0.25) is 0 Å². The second-order valence-corrected chi connectivity index (χ2v) is 9.68. The van der Waals surface area contributed by atoms with Crippen molar-refractivity contribution in [3.8, 4) is 5.88 Å². The van der Waals surface area contributed by atoms with Gasteiger partial charge in [-0.2, -0.15) is 28.4 Å². The zero-order valence-electron chi connectivity index (χ0n) is 17.9. The van der Waals surface area contributed by atoms with Crippen LogP contribution in [0.4, 0.5) is 18.3 Å². The van der Waals surface area contributed by atoms with Crippen LogP contribution in [0.1, 0.15) is 21.6 Å². The van der Waals surface area contributed by atoms with Crippen LogP contribution in [0.25, 0.3) is 5.57 Å². The van der Waals surface area contributed by atoms with Gasteiger partial charge < -0.3 is 20.2 Å². The summed E-state index contributed by atoms with van der Waals surface area (Å²) in [6.07, 6.45) is -5.17. The Morgan fingerprint density at radius 2 is 1.86 bits per heavy atom. The first-order valence-corrected chi connectivity index (χ1v) is 11.7. The van der Waals surface area contributed by atoms with Crippen molar-refractivity contribution in [2.75, 3.05) is 18.0 Å². The molecule has 0 spiro atoms. The summed E-state index contributed by atoms with van der Waals surface area (Å²) in [5.74, 6) is -0.350. The minimum atomic E-state index is -4.63. The van der Waals surface area contributed by atoms with E-state index >= 15 is 0 Å². The highest BCUT2D eigenvalue weighted by Gasteiger charge is 2.35. The third-order valence-corrected chi connectivity index (χ3v) is 7.28. The monoisotopic (exact) mass is 522 g/mol. The van der Waals surface area contributed by atoms with Gasteiger partial charge in [0.05, 0.1) is 34.2 Å². The lowest BCUT2D eigenvalue weighted by molar-refractivity contribution is -0.138. The normalized spacial score (nSPS) is 20.2. The summed E-state index contributed by atoms with van der Waals surface area (Å²) in [5.41, 5.74) is 0.233. The molecule has 0 radical (unpaired) electrons. The molecule has 0 bridgehead atoms. The smallest absolute Gasteiger partial charge is 0.416 e. The van der Waals surface area contributed by atoms with Crippen molar-refractivity contribution in [2.45, 2.75) is 24.8 Å². The van der Waals surface area contributed by atoms with E-state index in [1.54, 1.807) is 29.3 Å². The Morgan fingerprint density at radius 1 is 1.11 bits per heavy atom. The van der Waals surface area contributed by atoms with Crippen LogP contribution >= 0.6 is 22.9 Å². The number of alkyl halides is 3. The van der Waals surface area contributed by atoms with Crippen molar-refractivity contribution in [1.29, 1.82) is 0 Å². The summed E-state index contributed by atoms with van der Waals surface area (Å²) in [6, 6.07) is 8.75. The molecule has 2 atom stereocenters. The highest BCUT2D eigenvalue weighted by molar-refractivity contribution is 7.17. The summed E-state index contributed by atoms with van der Waals surface area (Å²) in [4.78, 5) is 6.08. The van der Waals surface area contributed by atoms with Crippen molar-refractivity contribution < 1.29 is 28.5 Å². The van der Waals surface area contributed by atoms with Gasteiger partial charge in [0, 0.05) is 30.1 Å². The highest BCUT2D eigenvalue weighted by atomic mass is 35.5. The largest absolute Gasteiger partial charge is 0.492 e. The van der Waals surface area contributed by atoms with E-state index in [1.807, 2.05) is 0 Å². The third kappa shape index (κ3) is 4.64. The van der Waals surface area contributed by atoms with Crippen LogP contribution in [-0.2, 0) is 12.6 Å². The van der Waals surface area contributed by atoms with Crippen LogP contribution in [-0.4, -0.2) is 51.8 Å². The van der Waals surface area contributed by atoms with E-state index in [4.69, 9.17) is 11.6 Å². The predicted octanol–water partition coefficient (Wildman–Crippen LogP) is 2.47. The number of aliphatic hydroxyl groups is 2. The average molecular weight is 523 g/mol. The van der Waals surface area contributed by atoms with Gasteiger partial charge in [-0.15, -0.1) is 0 Å². The Bertz CT molecular complexity index is 1450. The van der Waals surface area contributed by atoms with E-state index in [9.17, 15) is 28.5 Å². The number of β-amino-alcohol motifs (C(OH)–C–C–N with tert-alkyl or cyclic N) is 2. The summed E-state index contributed by atoms with van der Waals surface area (Å²) in [6.45, 7) is 0.240. The maximum absolute atomic E-state index is 13.8. The molecule has 2 aliphatic heterocycles. The van der Waals surface area contributed by atoms with Crippen molar-refractivity contribution in [3.63, 3.8) is 0 Å². The first kappa shape index (κ1) is 23.7. The quantitative estimate of drug-likeness (QED) is 0.489. The van der Waals surface area contributed by atoms with Gasteiger partial charge in [-0.25, -0.2) is 0 Å². The van der Waals surface area contributed by atoms with Gasteiger partial charge in [0.15, 0.2) is 5.13 Å². The molecule has 3 N–H and O–H groups in total. The molecule has 2 aromatic carbocycles. The maximum atomic E-state index is 13.8. The van der Waals surface area contributed by atoms with Crippen LogP contribution in [0.5, 0.6) is 5.88 Å². The van der Waals surface area contributed by atoms with Gasteiger partial charge in [-0.1, -0.05) is 35.1 Å². The van der Waals surface area contributed by atoms with Crippen LogP contribution in [0.2, 0.25) is 5.02 Å². The minimum Gasteiger partial charge on any atom is -0.492 e. The predicted molar refractivity (Wildman–Crippen MR) is 125 cm³/mol. The van der Waals surface area contributed by atoms with Gasteiger partial charge in [0.25, 0.3) is 0 Å². The number of anilines is 1. The Morgan fingerprint density at radius 3 is 2.57 bits per heavy atom. The van der Waals surface area contributed by atoms with E-state index < -0.39 is 23.9 Å². The molecule has 0 amide bonds. The van der Waals surface area contributed by atoms with Crippen molar-refractivity contribution in [3.05, 3.63) is 73.6 Å². The molecule has 35 heavy (non-hydrogen) atoms. The summed E-state index contributed by atoms with van der Waals surface area (Å²) in [7, 11) is 0. The number of hydrogen-bond donors (Lipinski definition) is 3. The van der Waals surface area contributed by atoms with E-state index in [0.29, 0.717) is 26.8 Å². The van der Waals surface area contributed by atoms with E-state index in [1.165, 1.54) is 12.1 Å². The number of fused-ring (bicyclic) bond motifs is 1. The van der Waals surface area contributed by atoms with E-state index in [0.717, 1.165) is 17.4 Å². The number of benzene rings is 2. The molecule has 3 aromatic rings. The number of nitrogens with zero attached hydrogens (tertiary/aromatic N) is 4. The summed E-state index contributed by atoms with van der Waals surface area (Å²) >= 11 is 6.93. The van der Waals surface area contributed by atoms with E-state index in [-0.39, 0.29) is 40.9 Å². The summed E-state index contributed by atoms with van der Waals surface area (Å²) in [5, 5.41) is 39.9. The maximum Gasteiger partial charge on any atom is 0.416 e. The average Bonchev–Trinajstić information content (AvgIpc) is 3.51. The SMILES string of the molecule is Oc1nc(N2CC(O)C(O)C2)sc1C(Cc1ccc(Cl)cc1C(F)(F)F)=c1ccc2c(c1)C=NN=2. The molecular weight excluding hydrogens is 505 g/mol. The first-order valence-electron chi connectivity index (χ1n) is 10.5. The fraction of sp³-hybridized carbons (Fsp3) is 0.261. The number of halogens is 4. The Kier molecular flexibility index (Phi) is 6.04. The van der Waals surface area contributed by atoms with Crippen LogP contribution in [0, 0.1) is 0 Å². The fourth-order valence-electron chi connectivity index (χ4n) is 4.12. The van der Waals surface area contributed by atoms with Crippen LogP contribution in [0.3, 0.4) is 0 Å². The molecule has 1 saturated heterocycles. The molecule has 3 heterocycles. The van der Waals surface area contributed by atoms with Crippen molar-refractivity contribution in [1.82, 2.24) is 4.98 Å². The number of aromatic hydroxyl groups is 1. The first-order chi connectivity index (χ1) is 16.6. The van der Waals surface area contributed by atoms with Gasteiger partial charge in [-0.05, 0) is 40.6 Å². The summed E-state index contributed by atoms with van der Waals surface area (Å²) < 4.78 is 41.4. The number of thiazole rings is 1. The second kappa shape index (κ2) is 8.90. The standard InChI is InChI=1S/C23H18ClF3N4O3S/c24-14-3-1-12(16(7-14)23(25,26)27)6-15(11-2-4-17-13(5-11)8-28-30-17)20-21(34)29-22(35-20)31-9-18(32)19(33)10-31/h1-5,7-8,18-19,32-34H,6,9-10H2. The fourth-order valence-corrected chi connectivity index (χ4v) is 5.33. The Balaban J connectivity index is 1.66. The molecule has 0 aliphatic carbocycles. The Hall–Kier alpha value is -2.99. The van der Waals surface area contributed by atoms with Crippen LogP contribution in [0.15, 0.2) is 46.6 Å². The molecule has 5 rings (SSSR count). The molecule has 1 fully saturated rings. The highest BCUT2D eigenvalue weighted by Crippen LogP contribution is 2.40. The van der Waals surface area contributed by atoms with E-state index in [2.05, 4.69) is 15.2 Å². The van der Waals surface area contributed by atoms with Crippen molar-refractivity contribution >= 4 is 39.9 Å².